The molecule has 5 rings (SSSR count). The molecule has 4 aromatic rings. The number of rotatable bonds is 7. The fraction of sp³-hybridized carbons (Fsp3) is 0.429. The first kappa shape index (κ1) is 27.4. The van der Waals surface area contributed by atoms with E-state index < -0.39 is 12.0 Å². The largest absolute Gasteiger partial charge is 0.416 e. The van der Waals surface area contributed by atoms with E-state index in [1.165, 1.54) is 0 Å². The van der Waals surface area contributed by atoms with Gasteiger partial charge in [-0.3, -0.25) is 14.4 Å². The molecule has 1 aromatic carbocycles. The van der Waals surface area contributed by atoms with Crippen molar-refractivity contribution in [2.24, 2.45) is 7.05 Å². The van der Waals surface area contributed by atoms with Crippen molar-refractivity contribution >= 4 is 17.5 Å². The molecule has 2 atom stereocenters. The fourth-order valence-corrected chi connectivity index (χ4v) is 4.74. The van der Waals surface area contributed by atoms with Gasteiger partial charge in [-0.1, -0.05) is 32.9 Å². The molecule has 0 aliphatic carbocycles. The monoisotopic (exact) mass is 545 g/mol. The predicted molar refractivity (Wildman–Crippen MR) is 149 cm³/mol. The Morgan fingerprint density at radius 3 is 2.77 bits per heavy atom. The van der Waals surface area contributed by atoms with Gasteiger partial charge in [0.15, 0.2) is 0 Å². The van der Waals surface area contributed by atoms with Gasteiger partial charge in [0.1, 0.15) is 0 Å². The van der Waals surface area contributed by atoms with Crippen molar-refractivity contribution in [3.05, 3.63) is 65.8 Å². The van der Waals surface area contributed by atoms with Crippen molar-refractivity contribution in [1.29, 1.82) is 0 Å². The van der Waals surface area contributed by atoms with Crippen LogP contribution in [0, 0.1) is 0 Å². The molecule has 210 valence electrons. The summed E-state index contributed by atoms with van der Waals surface area (Å²) in [6.45, 7) is 9.38. The highest BCUT2D eigenvalue weighted by Crippen LogP contribution is 2.30. The quantitative estimate of drug-likeness (QED) is 0.317. The zero-order valence-corrected chi connectivity index (χ0v) is 23.4. The normalized spacial score (nSPS) is 16.7. The Hall–Kier alpha value is -4.16. The molecular formula is C28H35N9O3. The number of nitrogens with zero attached hydrogens (tertiary/aromatic N) is 7. The van der Waals surface area contributed by atoms with E-state index in [2.05, 4.69) is 41.9 Å². The lowest BCUT2D eigenvalue weighted by atomic mass is 9.96. The average Bonchev–Trinajstić information content (AvgIpc) is 3.52. The molecule has 1 unspecified atom stereocenters. The molecule has 40 heavy (non-hydrogen) atoms. The zero-order valence-electron chi connectivity index (χ0n) is 23.4. The Bertz CT molecular complexity index is 1490. The van der Waals surface area contributed by atoms with Crippen LogP contribution in [0.3, 0.4) is 0 Å². The van der Waals surface area contributed by atoms with Crippen LogP contribution in [0.2, 0.25) is 0 Å². The maximum absolute atomic E-state index is 13.2. The second-order valence-electron chi connectivity index (χ2n) is 11.3. The number of carbonyl (C=O) groups excluding carboxylic acids is 1. The van der Waals surface area contributed by atoms with Crippen molar-refractivity contribution in [1.82, 2.24) is 40.2 Å². The second-order valence-corrected chi connectivity index (χ2v) is 11.3. The molecule has 0 spiro atoms. The molecule has 0 radical (unpaired) electrons. The first-order valence-corrected chi connectivity index (χ1v) is 13.3. The Morgan fingerprint density at radius 1 is 1.25 bits per heavy atom. The van der Waals surface area contributed by atoms with Crippen molar-refractivity contribution < 1.29 is 14.3 Å². The Balaban J connectivity index is 1.41. The molecule has 0 saturated heterocycles. The van der Waals surface area contributed by atoms with Crippen molar-refractivity contribution in [2.45, 2.75) is 51.7 Å². The molecule has 3 aromatic heterocycles. The van der Waals surface area contributed by atoms with Crippen LogP contribution in [-0.4, -0.2) is 71.6 Å². The number of amides is 1. The Labute approximate surface area is 232 Å². The number of benzene rings is 1. The lowest BCUT2D eigenvalue weighted by Gasteiger charge is -2.26. The van der Waals surface area contributed by atoms with Gasteiger partial charge in [-0.25, -0.2) is 9.97 Å². The van der Waals surface area contributed by atoms with Crippen LogP contribution in [0.15, 0.2) is 47.3 Å². The molecule has 0 saturated carbocycles. The standard InChI is InChI=1S/C28H35N9O3/c1-17(38)14-37-11-9-18-12-19(22-8-10-29-27(33-22)31-20-13-30-36(5)15-20)6-7-21(18)23(16-37)32-24(39)25-34-35-26(40-25)28(2,3)4/h6-8,10,12-13,15,17,23,38H,9,11,14,16H2,1-5H3,(H,32,39)(H,29,31,33)/t17?,23-/m0/s1. The molecule has 12 nitrogen and oxygen atoms in total. The summed E-state index contributed by atoms with van der Waals surface area (Å²) in [4.78, 5) is 24.4. The highest BCUT2D eigenvalue weighted by molar-refractivity contribution is 5.89. The minimum absolute atomic E-state index is 0.0657. The summed E-state index contributed by atoms with van der Waals surface area (Å²) >= 11 is 0. The summed E-state index contributed by atoms with van der Waals surface area (Å²) in [7, 11) is 1.85. The van der Waals surface area contributed by atoms with E-state index >= 15 is 0 Å². The summed E-state index contributed by atoms with van der Waals surface area (Å²) in [6, 6.07) is 7.68. The van der Waals surface area contributed by atoms with E-state index in [0.29, 0.717) is 24.9 Å². The molecule has 0 fully saturated rings. The number of hydrogen-bond acceptors (Lipinski definition) is 10. The summed E-state index contributed by atoms with van der Waals surface area (Å²) < 4.78 is 7.39. The molecule has 0 bridgehead atoms. The van der Waals surface area contributed by atoms with Crippen LogP contribution in [0.1, 0.15) is 61.4 Å². The number of aliphatic hydroxyl groups excluding tert-OH is 1. The molecule has 1 aliphatic heterocycles. The minimum Gasteiger partial charge on any atom is -0.416 e. The van der Waals surface area contributed by atoms with Gasteiger partial charge in [0.05, 0.1) is 29.7 Å². The number of hydrogen-bond donors (Lipinski definition) is 3. The van der Waals surface area contributed by atoms with Crippen LogP contribution < -0.4 is 10.6 Å². The van der Waals surface area contributed by atoms with Gasteiger partial charge in [-0.2, -0.15) is 5.10 Å². The van der Waals surface area contributed by atoms with Gasteiger partial charge in [0.25, 0.3) is 0 Å². The number of aromatic nitrogens is 6. The topological polar surface area (TPSA) is 147 Å². The number of aliphatic hydroxyl groups is 1. The predicted octanol–water partition coefficient (Wildman–Crippen LogP) is 3.01. The highest BCUT2D eigenvalue weighted by Gasteiger charge is 2.29. The van der Waals surface area contributed by atoms with Gasteiger partial charge < -0.3 is 20.2 Å². The van der Waals surface area contributed by atoms with E-state index in [0.717, 1.165) is 41.0 Å². The summed E-state index contributed by atoms with van der Waals surface area (Å²) in [5, 5.41) is 28.6. The van der Waals surface area contributed by atoms with Gasteiger partial charge in [-0.15, -0.1) is 10.2 Å². The van der Waals surface area contributed by atoms with Crippen molar-refractivity contribution in [3.63, 3.8) is 0 Å². The van der Waals surface area contributed by atoms with Crippen LogP contribution in [-0.2, 0) is 18.9 Å². The average molecular weight is 546 g/mol. The molecule has 1 aliphatic rings. The third-order valence-electron chi connectivity index (χ3n) is 6.66. The van der Waals surface area contributed by atoms with Gasteiger partial charge in [0, 0.05) is 50.1 Å². The second kappa shape index (κ2) is 11.1. The fourth-order valence-electron chi connectivity index (χ4n) is 4.74. The van der Waals surface area contributed by atoms with Crippen molar-refractivity contribution in [3.8, 4) is 11.3 Å². The molecule has 3 N–H and O–H groups in total. The zero-order chi connectivity index (χ0) is 28.4. The summed E-state index contributed by atoms with van der Waals surface area (Å²) in [6.07, 6.45) is 5.54. The lowest BCUT2D eigenvalue weighted by Crippen LogP contribution is -2.40. The molecular weight excluding hydrogens is 510 g/mol. The van der Waals surface area contributed by atoms with Crippen LogP contribution in [0.5, 0.6) is 0 Å². The Morgan fingerprint density at radius 2 is 2.08 bits per heavy atom. The Kier molecular flexibility index (Phi) is 7.63. The SMILES string of the molecule is CC(O)CN1CCc2cc(-c3ccnc(Nc4cnn(C)c4)n3)ccc2[C@@H](NC(=O)c2nnc(C(C)(C)C)o2)C1. The first-order valence-electron chi connectivity index (χ1n) is 13.3. The van der Waals surface area contributed by atoms with Crippen molar-refractivity contribution in [2.75, 3.05) is 25.0 Å². The first-order chi connectivity index (χ1) is 19.0. The van der Waals surface area contributed by atoms with Gasteiger partial charge in [0.2, 0.25) is 11.8 Å². The maximum Gasteiger partial charge on any atom is 0.309 e. The smallest absolute Gasteiger partial charge is 0.309 e. The van der Waals surface area contributed by atoms with Crippen LogP contribution in [0.25, 0.3) is 11.3 Å². The van der Waals surface area contributed by atoms with E-state index in [1.807, 2.05) is 52.2 Å². The number of fused-ring (bicyclic) bond motifs is 1. The van der Waals surface area contributed by atoms with Gasteiger partial charge in [-0.05, 0) is 36.6 Å². The van der Waals surface area contributed by atoms with E-state index in [4.69, 9.17) is 9.40 Å². The number of anilines is 2. The third-order valence-corrected chi connectivity index (χ3v) is 6.66. The van der Waals surface area contributed by atoms with Crippen LogP contribution in [0.4, 0.5) is 11.6 Å². The van der Waals surface area contributed by atoms with E-state index in [1.54, 1.807) is 24.0 Å². The summed E-state index contributed by atoms with van der Waals surface area (Å²) in [5.74, 6) is 0.386. The minimum atomic E-state index is -0.495. The van der Waals surface area contributed by atoms with Crippen LogP contribution >= 0.6 is 0 Å². The summed E-state index contributed by atoms with van der Waals surface area (Å²) in [5.41, 5.74) is 4.25. The molecule has 4 heterocycles. The van der Waals surface area contributed by atoms with Gasteiger partial charge >= 0.3 is 11.8 Å². The number of β-amino-alcohol motifs (C(OH)–C–C–N with tert-alkyl or cyclic N) is 1. The molecule has 12 heteroatoms. The van der Waals surface area contributed by atoms with E-state index in [-0.39, 0.29) is 17.3 Å². The highest BCUT2D eigenvalue weighted by atomic mass is 16.4. The number of nitrogens with one attached hydrogen (secondary N) is 2. The molecule has 1 amide bonds. The van der Waals surface area contributed by atoms with E-state index in [9.17, 15) is 9.90 Å². The maximum atomic E-state index is 13.2. The number of aryl methyl sites for hydroxylation is 1. The lowest BCUT2D eigenvalue weighted by molar-refractivity contribution is 0.0871. The third kappa shape index (κ3) is 6.35. The number of carbonyl (C=O) groups is 1.